The lowest BCUT2D eigenvalue weighted by Gasteiger charge is -2.29. The predicted molar refractivity (Wildman–Crippen MR) is 77.9 cm³/mol. The average Bonchev–Trinajstić information content (AvgIpc) is 2.42. The largest absolute Gasteiger partial charge is 0.496 e. The van der Waals surface area contributed by atoms with Gasteiger partial charge in [0, 0.05) is 19.6 Å². The Labute approximate surface area is 116 Å². The molecule has 0 radical (unpaired) electrons. The predicted octanol–water partition coefficient (Wildman–Crippen LogP) is 2.31. The molecule has 0 bridgehead atoms. The average molecular weight is 263 g/mol. The Kier molecular flexibility index (Phi) is 4.83. The zero-order valence-electron chi connectivity index (χ0n) is 12.3. The van der Waals surface area contributed by atoms with Gasteiger partial charge in [-0.3, -0.25) is 0 Å². The van der Waals surface area contributed by atoms with Crippen LogP contribution in [0.25, 0.3) is 0 Å². The van der Waals surface area contributed by atoms with Gasteiger partial charge in [0.1, 0.15) is 5.75 Å². The standard InChI is InChI=1S/C16H25NO2/c1-12-13(2)16(19-3)5-4-14(12)6-9-17-10-7-15(18)8-11-17/h4-5,15,18H,6-11H2,1-3H3. The summed E-state index contributed by atoms with van der Waals surface area (Å²) in [6.07, 6.45) is 2.83. The molecule has 1 fully saturated rings. The molecule has 0 saturated carbocycles. The fourth-order valence-electron chi connectivity index (χ4n) is 2.77. The quantitative estimate of drug-likeness (QED) is 0.905. The molecule has 0 aliphatic carbocycles. The number of hydrogen-bond donors (Lipinski definition) is 1. The minimum absolute atomic E-state index is 0.0822. The highest BCUT2D eigenvalue weighted by Crippen LogP contribution is 2.24. The van der Waals surface area contributed by atoms with Crippen LogP contribution >= 0.6 is 0 Å². The molecule has 19 heavy (non-hydrogen) atoms. The third-order valence-corrected chi connectivity index (χ3v) is 4.32. The number of methoxy groups -OCH3 is 1. The van der Waals surface area contributed by atoms with Crippen LogP contribution in [0.4, 0.5) is 0 Å². The molecule has 1 heterocycles. The summed E-state index contributed by atoms with van der Waals surface area (Å²) >= 11 is 0. The molecule has 1 aliphatic rings. The van der Waals surface area contributed by atoms with E-state index in [2.05, 4.69) is 30.9 Å². The topological polar surface area (TPSA) is 32.7 Å². The molecule has 0 amide bonds. The Hall–Kier alpha value is -1.06. The summed E-state index contributed by atoms with van der Waals surface area (Å²) in [5, 5.41) is 9.51. The van der Waals surface area contributed by atoms with Crippen LogP contribution < -0.4 is 4.74 Å². The molecule has 2 rings (SSSR count). The maximum Gasteiger partial charge on any atom is 0.122 e. The number of rotatable bonds is 4. The van der Waals surface area contributed by atoms with Crippen LogP contribution in [0.15, 0.2) is 12.1 Å². The number of aliphatic hydroxyl groups is 1. The Morgan fingerprint density at radius 2 is 1.89 bits per heavy atom. The van der Waals surface area contributed by atoms with E-state index in [9.17, 15) is 5.11 Å². The van der Waals surface area contributed by atoms with Gasteiger partial charge in [0.2, 0.25) is 0 Å². The molecule has 1 N–H and O–H groups in total. The Balaban J connectivity index is 1.94. The SMILES string of the molecule is COc1ccc(CCN2CCC(O)CC2)c(C)c1C. The van der Waals surface area contributed by atoms with E-state index in [4.69, 9.17) is 4.74 Å². The highest BCUT2D eigenvalue weighted by Gasteiger charge is 2.17. The van der Waals surface area contributed by atoms with Gasteiger partial charge in [-0.05, 0) is 55.9 Å². The molecule has 1 aliphatic heterocycles. The second-order valence-electron chi connectivity index (χ2n) is 5.50. The van der Waals surface area contributed by atoms with Crippen LogP contribution in [0.3, 0.4) is 0 Å². The summed E-state index contributed by atoms with van der Waals surface area (Å²) in [5.74, 6) is 0.974. The molecule has 3 heteroatoms. The molecule has 0 atom stereocenters. The number of hydrogen-bond acceptors (Lipinski definition) is 3. The van der Waals surface area contributed by atoms with Gasteiger partial charge >= 0.3 is 0 Å². The van der Waals surface area contributed by atoms with E-state index >= 15 is 0 Å². The van der Waals surface area contributed by atoms with Crippen LogP contribution in [0.2, 0.25) is 0 Å². The zero-order chi connectivity index (χ0) is 13.8. The van der Waals surface area contributed by atoms with E-state index in [1.165, 1.54) is 16.7 Å². The molecule has 1 saturated heterocycles. The number of piperidine rings is 1. The highest BCUT2D eigenvalue weighted by atomic mass is 16.5. The molecule has 3 nitrogen and oxygen atoms in total. The Morgan fingerprint density at radius 1 is 1.21 bits per heavy atom. The molecule has 0 spiro atoms. The number of benzene rings is 1. The zero-order valence-corrected chi connectivity index (χ0v) is 12.3. The van der Waals surface area contributed by atoms with Crippen molar-refractivity contribution in [2.24, 2.45) is 0 Å². The van der Waals surface area contributed by atoms with Crippen molar-refractivity contribution in [1.82, 2.24) is 4.90 Å². The van der Waals surface area contributed by atoms with E-state index in [1.807, 2.05) is 0 Å². The molecule has 106 valence electrons. The van der Waals surface area contributed by atoms with Gasteiger partial charge in [0.25, 0.3) is 0 Å². The second kappa shape index (κ2) is 6.40. The number of likely N-dealkylation sites (tertiary alicyclic amines) is 1. The van der Waals surface area contributed by atoms with E-state index in [0.717, 1.165) is 44.6 Å². The van der Waals surface area contributed by atoms with Crippen LogP contribution in [-0.2, 0) is 6.42 Å². The number of nitrogens with zero attached hydrogens (tertiary/aromatic N) is 1. The van der Waals surface area contributed by atoms with E-state index in [0.29, 0.717) is 0 Å². The monoisotopic (exact) mass is 263 g/mol. The molecule has 1 aromatic carbocycles. The lowest BCUT2D eigenvalue weighted by Crippen LogP contribution is -2.37. The highest BCUT2D eigenvalue weighted by molar-refractivity contribution is 5.43. The van der Waals surface area contributed by atoms with Crippen molar-refractivity contribution in [3.8, 4) is 5.75 Å². The summed E-state index contributed by atoms with van der Waals surface area (Å²) in [6.45, 7) is 7.42. The summed E-state index contributed by atoms with van der Waals surface area (Å²) in [4.78, 5) is 2.45. The first-order chi connectivity index (χ1) is 9.11. The summed E-state index contributed by atoms with van der Waals surface area (Å²) in [6, 6.07) is 4.25. The van der Waals surface area contributed by atoms with Gasteiger partial charge in [0.15, 0.2) is 0 Å². The first kappa shape index (κ1) is 14.4. The van der Waals surface area contributed by atoms with Gasteiger partial charge in [-0.15, -0.1) is 0 Å². The minimum atomic E-state index is -0.0822. The second-order valence-corrected chi connectivity index (χ2v) is 5.50. The lowest BCUT2D eigenvalue weighted by molar-refractivity contribution is 0.0832. The molecule has 0 aromatic heterocycles. The smallest absolute Gasteiger partial charge is 0.122 e. The molecular formula is C16H25NO2. The van der Waals surface area contributed by atoms with Gasteiger partial charge < -0.3 is 14.7 Å². The normalized spacial score (nSPS) is 17.7. The number of aliphatic hydroxyl groups excluding tert-OH is 1. The van der Waals surface area contributed by atoms with Crippen molar-refractivity contribution in [2.75, 3.05) is 26.7 Å². The summed E-state index contributed by atoms with van der Waals surface area (Å²) < 4.78 is 5.35. The summed E-state index contributed by atoms with van der Waals surface area (Å²) in [7, 11) is 1.72. The van der Waals surface area contributed by atoms with Crippen molar-refractivity contribution >= 4 is 0 Å². The van der Waals surface area contributed by atoms with Crippen LogP contribution in [0, 0.1) is 13.8 Å². The third kappa shape index (κ3) is 3.48. The van der Waals surface area contributed by atoms with Crippen molar-refractivity contribution in [3.05, 3.63) is 28.8 Å². The third-order valence-electron chi connectivity index (χ3n) is 4.32. The van der Waals surface area contributed by atoms with Gasteiger partial charge in [0.05, 0.1) is 13.2 Å². The number of ether oxygens (including phenoxy) is 1. The van der Waals surface area contributed by atoms with Gasteiger partial charge in [-0.1, -0.05) is 6.07 Å². The van der Waals surface area contributed by atoms with Gasteiger partial charge in [-0.2, -0.15) is 0 Å². The first-order valence-electron chi connectivity index (χ1n) is 7.15. The maximum absolute atomic E-state index is 9.51. The van der Waals surface area contributed by atoms with Crippen molar-refractivity contribution in [2.45, 2.75) is 39.2 Å². The minimum Gasteiger partial charge on any atom is -0.496 e. The summed E-state index contributed by atoms with van der Waals surface area (Å²) in [5.41, 5.74) is 4.00. The molecule has 1 aromatic rings. The van der Waals surface area contributed by atoms with E-state index in [1.54, 1.807) is 7.11 Å². The maximum atomic E-state index is 9.51. The van der Waals surface area contributed by atoms with Crippen LogP contribution in [-0.4, -0.2) is 42.9 Å². The van der Waals surface area contributed by atoms with Crippen molar-refractivity contribution in [3.63, 3.8) is 0 Å². The molecule has 0 unspecified atom stereocenters. The first-order valence-corrected chi connectivity index (χ1v) is 7.15. The van der Waals surface area contributed by atoms with Crippen molar-refractivity contribution in [1.29, 1.82) is 0 Å². The van der Waals surface area contributed by atoms with Crippen LogP contribution in [0.1, 0.15) is 29.5 Å². The Morgan fingerprint density at radius 3 is 2.53 bits per heavy atom. The van der Waals surface area contributed by atoms with Gasteiger partial charge in [-0.25, -0.2) is 0 Å². The van der Waals surface area contributed by atoms with E-state index in [-0.39, 0.29) is 6.10 Å². The fraction of sp³-hybridized carbons (Fsp3) is 0.625. The van der Waals surface area contributed by atoms with Crippen LogP contribution in [0.5, 0.6) is 5.75 Å². The van der Waals surface area contributed by atoms with Crippen molar-refractivity contribution < 1.29 is 9.84 Å². The lowest BCUT2D eigenvalue weighted by atomic mass is 9.99. The molecular weight excluding hydrogens is 238 g/mol. The fourth-order valence-corrected chi connectivity index (χ4v) is 2.77. The Bertz CT molecular complexity index is 423. The van der Waals surface area contributed by atoms with E-state index < -0.39 is 0 Å².